The lowest BCUT2D eigenvalue weighted by Gasteiger charge is -2.19. The van der Waals surface area contributed by atoms with Gasteiger partial charge in [-0.1, -0.05) is 40.8 Å². The Labute approximate surface area is 95.9 Å². The minimum atomic E-state index is -0.756. The largest absolute Gasteiger partial charge is 0.369 e. The van der Waals surface area contributed by atoms with Crippen LogP contribution in [0.4, 0.5) is 0 Å². The van der Waals surface area contributed by atoms with Crippen molar-refractivity contribution in [3.05, 3.63) is 35.4 Å². The van der Waals surface area contributed by atoms with Gasteiger partial charge in [0.1, 0.15) is 0 Å². The van der Waals surface area contributed by atoms with Gasteiger partial charge in [0.25, 0.3) is 5.91 Å². The van der Waals surface area contributed by atoms with E-state index in [1.165, 1.54) is 4.90 Å². The van der Waals surface area contributed by atoms with Gasteiger partial charge in [-0.3, -0.25) is 4.79 Å². The summed E-state index contributed by atoms with van der Waals surface area (Å²) < 4.78 is 0.828. The fourth-order valence-electron chi connectivity index (χ4n) is 1.67. The van der Waals surface area contributed by atoms with Crippen LogP contribution in [0.1, 0.15) is 22.1 Å². The molecule has 0 saturated carbocycles. The number of nitrogens with zero attached hydrogens (tertiary/aromatic N) is 1. The van der Waals surface area contributed by atoms with E-state index in [-0.39, 0.29) is 5.91 Å². The lowest BCUT2D eigenvalue weighted by atomic mass is 10.1. The maximum atomic E-state index is 11.8. The fourth-order valence-corrected chi connectivity index (χ4v) is 2.19. The normalized spacial score (nSPS) is 20.0. The molecule has 1 unspecified atom stereocenters. The number of amides is 1. The van der Waals surface area contributed by atoms with Gasteiger partial charge in [0.2, 0.25) is 0 Å². The Kier molecular flexibility index (Phi) is 2.73. The molecule has 1 amide bonds. The highest BCUT2D eigenvalue weighted by Gasteiger charge is 2.34. The van der Waals surface area contributed by atoms with Gasteiger partial charge in [-0.25, -0.2) is 0 Å². The van der Waals surface area contributed by atoms with Gasteiger partial charge in [0.15, 0.2) is 6.23 Å². The van der Waals surface area contributed by atoms with E-state index in [0.717, 1.165) is 9.99 Å². The maximum Gasteiger partial charge on any atom is 0.256 e. The highest BCUT2D eigenvalue weighted by Crippen LogP contribution is 2.30. The highest BCUT2D eigenvalue weighted by atomic mass is 127. The summed E-state index contributed by atoms with van der Waals surface area (Å²) in [5.41, 5.74) is 1.35. The smallest absolute Gasteiger partial charge is 0.256 e. The van der Waals surface area contributed by atoms with Crippen molar-refractivity contribution in [2.75, 3.05) is 11.0 Å². The average molecular weight is 303 g/mol. The Hall–Kier alpha value is -0.620. The van der Waals surface area contributed by atoms with E-state index in [1.54, 1.807) is 12.1 Å². The van der Waals surface area contributed by atoms with Gasteiger partial charge in [0, 0.05) is 22.1 Å². The first-order valence-electron chi connectivity index (χ1n) is 4.39. The van der Waals surface area contributed by atoms with Crippen LogP contribution in [0.5, 0.6) is 0 Å². The van der Waals surface area contributed by atoms with Crippen LogP contribution in [0.25, 0.3) is 0 Å². The van der Waals surface area contributed by atoms with Crippen LogP contribution >= 0.6 is 22.6 Å². The van der Waals surface area contributed by atoms with Crippen molar-refractivity contribution in [2.24, 2.45) is 0 Å². The van der Waals surface area contributed by atoms with Crippen molar-refractivity contribution < 1.29 is 9.90 Å². The molecular weight excluding hydrogens is 293 g/mol. The third kappa shape index (κ3) is 1.42. The molecule has 1 aromatic rings. The number of hydrogen-bond acceptors (Lipinski definition) is 2. The number of carbonyl (C=O) groups is 1. The van der Waals surface area contributed by atoms with E-state index >= 15 is 0 Å². The molecule has 1 aliphatic rings. The second-order valence-corrected chi connectivity index (χ2v) is 4.23. The quantitative estimate of drug-likeness (QED) is 0.665. The summed E-state index contributed by atoms with van der Waals surface area (Å²) in [7, 11) is 0. The number of aliphatic hydroxyl groups is 1. The number of alkyl halides is 1. The van der Waals surface area contributed by atoms with Crippen LogP contribution in [-0.2, 0) is 0 Å². The number of rotatable bonds is 2. The standard InChI is InChI=1S/C10H10INO2/c11-5-6-12-9(13)7-3-1-2-4-8(7)10(12)14/h1-4,9,13H,5-6H2. The zero-order chi connectivity index (χ0) is 10.1. The van der Waals surface area contributed by atoms with Crippen molar-refractivity contribution in [1.29, 1.82) is 0 Å². The zero-order valence-electron chi connectivity index (χ0n) is 7.48. The SMILES string of the molecule is O=C1c2ccccc2C(O)N1CCI. The summed E-state index contributed by atoms with van der Waals surface area (Å²) in [4.78, 5) is 13.3. The molecule has 1 aromatic carbocycles. The number of fused-ring (bicyclic) bond motifs is 1. The highest BCUT2D eigenvalue weighted by molar-refractivity contribution is 14.1. The number of aliphatic hydroxyl groups excluding tert-OH is 1. The predicted octanol–water partition coefficient (Wildman–Crippen LogP) is 1.57. The van der Waals surface area contributed by atoms with Crippen LogP contribution < -0.4 is 0 Å². The third-order valence-corrected chi connectivity index (χ3v) is 2.83. The molecule has 0 bridgehead atoms. The second kappa shape index (κ2) is 3.86. The van der Waals surface area contributed by atoms with Crippen LogP contribution in [0.2, 0.25) is 0 Å². The van der Waals surface area contributed by atoms with Crippen molar-refractivity contribution >= 4 is 28.5 Å². The van der Waals surface area contributed by atoms with Crippen LogP contribution in [0.15, 0.2) is 24.3 Å². The fraction of sp³-hybridized carbons (Fsp3) is 0.300. The van der Waals surface area contributed by atoms with E-state index in [9.17, 15) is 9.90 Å². The van der Waals surface area contributed by atoms with Gasteiger partial charge in [-0.05, 0) is 6.07 Å². The second-order valence-electron chi connectivity index (χ2n) is 3.15. The summed E-state index contributed by atoms with van der Waals surface area (Å²) in [6.45, 7) is 0.592. The summed E-state index contributed by atoms with van der Waals surface area (Å²) in [6, 6.07) is 7.21. The first kappa shape index (κ1) is 9.92. The maximum absolute atomic E-state index is 11.8. The summed E-state index contributed by atoms with van der Waals surface area (Å²) in [5, 5.41) is 9.84. The topological polar surface area (TPSA) is 40.5 Å². The van der Waals surface area contributed by atoms with E-state index in [4.69, 9.17) is 0 Å². The molecule has 1 atom stereocenters. The van der Waals surface area contributed by atoms with E-state index in [1.807, 2.05) is 12.1 Å². The lowest BCUT2D eigenvalue weighted by molar-refractivity contribution is 0.0211. The molecule has 0 aromatic heterocycles. The molecule has 74 valence electrons. The van der Waals surface area contributed by atoms with E-state index < -0.39 is 6.23 Å². The van der Waals surface area contributed by atoms with Crippen molar-refractivity contribution in [3.63, 3.8) is 0 Å². The molecule has 0 radical (unpaired) electrons. The van der Waals surface area contributed by atoms with Crippen molar-refractivity contribution in [3.8, 4) is 0 Å². The molecule has 3 nitrogen and oxygen atoms in total. The average Bonchev–Trinajstić information content (AvgIpc) is 2.45. The summed E-state index contributed by atoms with van der Waals surface area (Å²) >= 11 is 2.19. The molecule has 0 saturated heterocycles. The van der Waals surface area contributed by atoms with Gasteiger partial charge < -0.3 is 10.0 Å². The molecule has 4 heteroatoms. The molecule has 14 heavy (non-hydrogen) atoms. The molecular formula is C10H10INO2. The van der Waals surface area contributed by atoms with Gasteiger partial charge in [-0.2, -0.15) is 0 Å². The van der Waals surface area contributed by atoms with Gasteiger partial charge >= 0.3 is 0 Å². The van der Waals surface area contributed by atoms with Crippen LogP contribution in [0, 0.1) is 0 Å². The number of halogens is 1. The molecule has 0 fully saturated rings. The van der Waals surface area contributed by atoms with E-state index in [0.29, 0.717) is 12.1 Å². The van der Waals surface area contributed by atoms with Gasteiger partial charge in [0.05, 0.1) is 0 Å². The van der Waals surface area contributed by atoms with Crippen molar-refractivity contribution in [2.45, 2.75) is 6.23 Å². The Morgan fingerprint density at radius 1 is 1.43 bits per heavy atom. The predicted molar refractivity (Wildman–Crippen MR) is 61.3 cm³/mol. The Bertz CT molecular complexity index is 367. The van der Waals surface area contributed by atoms with Crippen LogP contribution in [0.3, 0.4) is 0 Å². The molecule has 1 aliphatic heterocycles. The number of hydrogen-bond donors (Lipinski definition) is 1. The first-order valence-corrected chi connectivity index (χ1v) is 5.92. The first-order chi connectivity index (χ1) is 6.75. The Balaban J connectivity index is 2.38. The minimum Gasteiger partial charge on any atom is -0.369 e. The lowest BCUT2D eigenvalue weighted by Crippen LogP contribution is -2.29. The summed E-state index contributed by atoms with van der Waals surface area (Å²) in [6.07, 6.45) is -0.756. The molecule has 0 spiro atoms. The Morgan fingerprint density at radius 3 is 2.79 bits per heavy atom. The van der Waals surface area contributed by atoms with Crippen LogP contribution in [-0.4, -0.2) is 26.9 Å². The number of carbonyl (C=O) groups excluding carboxylic acids is 1. The third-order valence-electron chi connectivity index (χ3n) is 2.35. The monoisotopic (exact) mass is 303 g/mol. The minimum absolute atomic E-state index is 0.0650. The molecule has 1 N–H and O–H groups in total. The Morgan fingerprint density at radius 2 is 2.14 bits per heavy atom. The molecule has 1 heterocycles. The molecule has 0 aliphatic carbocycles. The van der Waals surface area contributed by atoms with Gasteiger partial charge in [-0.15, -0.1) is 0 Å². The van der Waals surface area contributed by atoms with Crippen molar-refractivity contribution in [1.82, 2.24) is 4.90 Å². The molecule has 2 rings (SSSR count). The zero-order valence-corrected chi connectivity index (χ0v) is 9.64. The summed E-state index contributed by atoms with van der Waals surface area (Å²) in [5.74, 6) is -0.0650. The van der Waals surface area contributed by atoms with E-state index in [2.05, 4.69) is 22.6 Å². The number of benzene rings is 1.